The second-order valence-corrected chi connectivity index (χ2v) is 5.94. The van der Waals surface area contributed by atoms with Gasteiger partial charge in [0.1, 0.15) is 0 Å². The van der Waals surface area contributed by atoms with E-state index in [4.69, 9.17) is 0 Å². The van der Waals surface area contributed by atoms with E-state index in [0.717, 1.165) is 37.9 Å². The molecule has 0 aromatic heterocycles. The number of aryl methyl sites for hydroxylation is 1. The van der Waals surface area contributed by atoms with Crippen molar-refractivity contribution in [2.24, 2.45) is 5.92 Å². The molecule has 0 amide bonds. The highest BCUT2D eigenvalue weighted by Crippen LogP contribution is 2.17. The fourth-order valence-corrected chi connectivity index (χ4v) is 2.80. The predicted octanol–water partition coefficient (Wildman–Crippen LogP) is 2.52. The maximum absolute atomic E-state index is 12.3. The van der Waals surface area contributed by atoms with Crippen molar-refractivity contribution in [3.05, 3.63) is 35.4 Å². The Morgan fingerprint density at radius 1 is 1.35 bits per heavy atom. The topological polar surface area (TPSA) is 40.5 Å². The SMILES string of the molecule is CCCc1ccc(C(=O)CN2CCC(O)C(C)C2)cc1. The van der Waals surface area contributed by atoms with Crippen LogP contribution in [0.4, 0.5) is 0 Å². The first-order valence-corrected chi connectivity index (χ1v) is 7.62. The van der Waals surface area contributed by atoms with Crippen LogP contribution in [0.1, 0.15) is 42.6 Å². The number of carbonyl (C=O) groups excluding carboxylic acids is 1. The van der Waals surface area contributed by atoms with Crippen LogP contribution < -0.4 is 0 Å². The summed E-state index contributed by atoms with van der Waals surface area (Å²) >= 11 is 0. The molecule has 1 saturated heterocycles. The van der Waals surface area contributed by atoms with Gasteiger partial charge < -0.3 is 5.11 Å². The van der Waals surface area contributed by atoms with E-state index >= 15 is 0 Å². The van der Waals surface area contributed by atoms with Gasteiger partial charge in [0, 0.05) is 18.7 Å². The number of aliphatic hydroxyl groups excluding tert-OH is 1. The number of piperidine rings is 1. The molecule has 3 nitrogen and oxygen atoms in total. The van der Waals surface area contributed by atoms with Crippen molar-refractivity contribution in [2.45, 2.75) is 39.2 Å². The first-order valence-electron chi connectivity index (χ1n) is 7.62. The Morgan fingerprint density at radius 2 is 2.05 bits per heavy atom. The molecule has 2 rings (SSSR count). The van der Waals surface area contributed by atoms with Crippen LogP contribution in [-0.2, 0) is 6.42 Å². The van der Waals surface area contributed by atoms with Crippen LogP contribution in [0.25, 0.3) is 0 Å². The van der Waals surface area contributed by atoms with E-state index < -0.39 is 0 Å². The lowest BCUT2D eigenvalue weighted by molar-refractivity contribution is 0.0344. The number of ketones is 1. The molecule has 2 unspecified atom stereocenters. The minimum Gasteiger partial charge on any atom is -0.393 e. The quantitative estimate of drug-likeness (QED) is 0.840. The number of hydrogen-bond donors (Lipinski definition) is 1. The summed E-state index contributed by atoms with van der Waals surface area (Å²) in [5, 5.41) is 9.72. The van der Waals surface area contributed by atoms with E-state index in [-0.39, 0.29) is 17.8 Å². The van der Waals surface area contributed by atoms with Crippen LogP contribution in [0, 0.1) is 5.92 Å². The van der Waals surface area contributed by atoms with Crippen molar-refractivity contribution in [1.82, 2.24) is 4.90 Å². The van der Waals surface area contributed by atoms with E-state index in [1.54, 1.807) is 0 Å². The fraction of sp³-hybridized carbons (Fsp3) is 0.588. The molecule has 3 heteroatoms. The lowest BCUT2D eigenvalue weighted by atomic mass is 9.96. The van der Waals surface area contributed by atoms with E-state index in [1.165, 1.54) is 5.56 Å². The fourth-order valence-electron chi connectivity index (χ4n) is 2.80. The molecule has 0 spiro atoms. The van der Waals surface area contributed by atoms with Crippen molar-refractivity contribution >= 4 is 5.78 Å². The molecule has 0 aliphatic carbocycles. The Hall–Kier alpha value is -1.19. The predicted molar refractivity (Wildman–Crippen MR) is 81.0 cm³/mol. The highest BCUT2D eigenvalue weighted by molar-refractivity contribution is 5.97. The number of hydrogen-bond acceptors (Lipinski definition) is 3. The number of benzene rings is 1. The molecule has 1 heterocycles. The third-order valence-electron chi connectivity index (χ3n) is 4.13. The number of Topliss-reactive ketones (excluding diaryl/α,β-unsaturated/α-hetero) is 1. The molecule has 0 radical (unpaired) electrons. The monoisotopic (exact) mass is 275 g/mol. The molecule has 1 aliphatic heterocycles. The number of aliphatic hydroxyl groups is 1. The Morgan fingerprint density at radius 3 is 2.65 bits per heavy atom. The van der Waals surface area contributed by atoms with E-state index in [2.05, 4.69) is 24.0 Å². The van der Waals surface area contributed by atoms with E-state index in [0.29, 0.717) is 6.54 Å². The van der Waals surface area contributed by atoms with Gasteiger partial charge in [-0.15, -0.1) is 0 Å². The number of likely N-dealkylation sites (tertiary alicyclic amines) is 1. The Labute approximate surface area is 121 Å². The van der Waals surface area contributed by atoms with Gasteiger partial charge >= 0.3 is 0 Å². The molecule has 2 atom stereocenters. The maximum Gasteiger partial charge on any atom is 0.176 e. The summed E-state index contributed by atoms with van der Waals surface area (Å²) < 4.78 is 0. The lowest BCUT2D eigenvalue weighted by Crippen LogP contribution is -2.44. The van der Waals surface area contributed by atoms with Crippen LogP contribution in [0.5, 0.6) is 0 Å². The highest BCUT2D eigenvalue weighted by atomic mass is 16.3. The van der Waals surface area contributed by atoms with Gasteiger partial charge in [-0.25, -0.2) is 0 Å². The number of rotatable bonds is 5. The van der Waals surface area contributed by atoms with Gasteiger partial charge in [0.2, 0.25) is 0 Å². The average molecular weight is 275 g/mol. The van der Waals surface area contributed by atoms with Gasteiger partial charge in [-0.1, -0.05) is 44.5 Å². The van der Waals surface area contributed by atoms with Crippen LogP contribution >= 0.6 is 0 Å². The van der Waals surface area contributed by atoms with Gasteiger partial charge in [-0.05, 0) is 24.3 Å². The molecule has 1 aromatic carbocycles. The zero-order valence-corrected chi connectivity index (χ0v) is 12.5. The molecule has 110 valence electrons. The molecule has 0 saturated carbocycles. The summed E-state index contributed by atoms with van der Waals surface area (Å²) in [6.45, 7) is 6.28. The molecule has 1 aromatic rings. The zero-order valence-electron chi connectivity index (χ0n) is 12.5. The second-order valence-electron chi connectivity index (χ2n) is 5.94. The normalized spacial score (nSPS) is 23.8. The highest BCUT2D eigenvalue weighted by Gasteiger charge is 2.25. The number of nitrogens with zero attached hydrogens (tertiary/aromatic N) is 1. The summed E-state index contributed by atoms with van der Waals surface area (Å²) in [4.78, 5) is 14.4. The van der Waals surface area contributed by atoms with Crippen molar-refractivity contribution in [2.75, 3.05) is 19.6 Å². The molecule has 1 aliphatic rings. The molecule has 1 N–H and O–H groups in total. The third kappa shape index (κ3) is 3.90. The first kappa shape index (κ1) is 15.2. The summed E-state index contributed by atoms with van der Waals surface area (Å²) in [6.07, 6.45) is 2.75. The zero-order chi connectivity index (χ0) is 14.5. The lowest BCUT2D eigenvalue weighted by Gasteiger charge is -2.33. The molecule has 20 heavy (non-hydrogen) atoms. The van der Waals surface area contributed by atoms with Crippen LogP contribution in [0.3, 0.4) is 0 Å². The molecule has 0 bridgehead atoms. The minimum absolute atomic E-state index is 0.177. The van der Waals surface area contributed by atoms with Crippen molar-refractivity contribution < 1.29 is 9.90 Å². The summed E-state index contributed by atoms with van der Waals surface area (Å²) in [5.74, 6) is 0.431. The number of carbonyl (C=O) groups is 1. The Balaban J connectivity index is 1.91. The summed E-state index contributed by atoms with van der Waals surface area (Å²) in [7, 11) is 0. The largest absolute Gasteiger partial charge is 0.393 e. The van der Waals surface area contributed by atoms with Crippen molar-refractivity contribution in [3.8, 4) is 0 Å². The van der Waals surface area contributed by atoms with E-state index in [1.807, 2.05) is 19.1 Å². The molecular formula is C17H25NO2. The minimum atomic E-state index is -0.213. The average Bonchev–Trinajstić information content (AvgIpc) is 2.44. The Bertz CT molecular complexity index is 441. The van der Waals surface area contributed by atoms with Gasteiger partial charge in [-0.2, -0.15) is 0 Å². The van der Waals surface area contributed by atoms with Gasteiger partial charge in [-0.3, -0.25) is 9.69 Å². The van der Waals surface area contributed by atoms with Crippen LogP contribution in [0.15, 0.2) is 24.3 Å². The van der Waals surface area contributed by atoms with Gasteiger partial charge in [0.05, 0.1) is 12.6 Å². The van der Waals surface area contributed by atoms with E-state index in [9.17, 15) is 9.90 Å². The summed E-state index contributed by atoms with van der Waals surface area (Å²) in [5.41, 5.74) is 2.09. The van der Waals surface area contributed by atoms with Gasteiger partial charge in [0.25, 0.3) is 0 Å². The maximum atomic E-state index is 12.3. The van der Waals surface area contributed by atoms with Gasteiger partial charge in [0.15, 0.2) is 5.78 Å². The van der Waals surface area contributed by atoms with Crippen LogP contribution in [-0.4, -0.2) is 41.5 Å². The first-order chi connectivity index (χ1) is 9.60. The second kappa shape index (κ2) is 7.00. The molecule has 1 fully saturated rings. The van der Waals surface area contributed by atoms with Crippen molar-refractivity contribution in [3.63, 3.8) is 0 Å². The summed E-state index contributed by atoms with van der Waals surface area (Å²) in [6, 6.07) is 7.99. The third-order valence-corrected chi connectivity index (χ3v) is 4.13. The Kier molecular flexibility index (Phi) is 5.32. The smallest absolute Gasteiger partial charge is 0.176 e. The van der Waals surface area contributed by atoms with Crippen molar-refractivity contribution in [1.29, 1.82) is 0 Å². The van der Waals surface area contributed by atoms with Crippen LogP contribution in [0.2, 0.25) is 0 Å². The molecular weight excluding hydrogens is 250 g/mol. The standard InChI is InChI=1S/C17H25NO2/c1-3-4-14-5-7-15(8-6-14)17(20)12-18-10-9-16(19)13(2)11-18/h5-8,13,16,19H,3-4,9-12H2,1-2H3.